The van der Waals surface area contributed by atoms with Gasteiger partial charge < -0.3 is 4.90 Å². The molecular weight excluding hydrogens is 320 g/mol. The summed E-state index contributed by atoms with van der Waals surface area (Å²) < 4.78 is 0. The summed E-state index contributed by atoms with van der Waals surface area (Å²) in [7, 11) is 0. The number of benzene rings is 1. The van der Waals surface area contributed by atoms with Crippen molar-refractivity contribution in [1.82, 2.24) is 19.8 Å². The van der Waals surface area contributed by atoms with E-state index in [4.69, 9.17) is 0 Å². The largest absolute Gasteiger partial charge is 0.338 e. The molecule has 2 aromatic rings. The van der Waals surface area contributed by atoms with Crippen LogP contribution in [0.5, 0.6) is 0 Å². The molecule has 2 aliphatic heterocycles. The Labute approximate surface area is 144 Å². The number of carbonyl (C=O) groups is 3. The first-order valence-corrected chi connectivity index (χ1v) is 8.16. The summed E-state index contributed by atoms with van der Waals surface area (Å²) in [5, 5.41) is 0. The van der Waals surface area contributed by atoms with E-state index in [1.54, 1.807) is 35.4 Å². The van der Waals surface area contributed by atoms with Crippen molar-refractivity contribution >= 4 is 17.7 Å². The van der Waals surface area contributed by atoms with Crippen LogP contribution >= 0.6 is 0 Å². The smallest absolute Gasteiger partial charge is 0.261 e. The maximum Gasteiger partial charge on any atom is 0.261 e. The van der Waals surface area contributed by atoms with Crippen molar-refractivity contribution in [2.75, 3.05) is 13.1 Å². The van der Waals surface area contributed by atoms with E-state index < -0.39 is 0 Å². The van der Waals surface area contributed by atoms with Crippen molar-refractivity contribution in [2.24, 2.45) is 0 Å². The number of carbonyl (C=O) groups excluding carboxylic acids is 3. The van der Waals surface area contributed by atoms with Gasteiger partial charge in [0, 0.05) is 44.2 Å². The molecule has 0 N–H and O–H groups in total. The number of imide groups is 1. The van der Waals surface area contributed by atoms with Gasteiger partial charge in [0.05, 0.1) is 16.8 Å². The maximum absolute atomic E-state index is 12.5. The van der Waals surface area contributed by atoms with Crippen molar-refractivity contribution in [3.63, 3.8) is 0 Å². The number of rotatable bonds is 3. The molecule has 0 unspecified atom stereocenters. The number of aromatic nitrogens is 2. The Morgan fingerprint density at radius 3 is 2.56 bits per heavy atom. The van der Waals surface area contributed by atoms with E-state index in [1.807, 2.05) is 0 Å². The lowest BCUT2D eigenvalue weighted by atomic mass is 10.1. The highest BCUT2D eigenvalue weighted by Gasteiger charge is 2.35. The minimum atomic E-state index is -0.328. The third kappa shape index (κ3) is 2.67. The third-order valence-corrected chi connectivity index (χ3v) is 4.64. The summed E-state index contributed by atoms with van der Waals surface area (Å²) in [6.45, 7) is 1.15. The van der Waals surface area contributed by atoms with Crippen molar-refractivity contribution < 1.29 is 14.4 Å². The van der Waals surface area contributed by atoms with Crippen LogP contribution in [0.1, 0.15) is 38.4 Å². The molecule has 7 heteroatoms. The zero-order valence-electron chi connectivity index (χ0n) is 13.5. The molecule has 0 atom stereocenters. The van der Waals surface area contributed by atoms with E-state index in [0.717, 1.165) is 16.2 Å². The molecule has 25 heavy (non-hydrogen) atoms. The molecule has 0 radical (unpaired) electrons. The van der Waals surface area contributed by atoms with Gasteiger partial charge in [-0.05, 0) is 12.1 Å². The Morgan fingerprint density at radius 1 is 1.12 bits per heavy atom. The van der Waals surface area contributed by atoms with Crippen LogP contribution in [-0.4, -0.2) is 50.6 Å². The summed E-state index contributed by atoms with van der Waals surface area (Å²) in [6.07, 6.45) is 4.05. The number of hydrogen-bond acceptors (Lipinski definition) is 5. The van der Waals surface area contributed by atoms with Gasteiger partial charge in [-0.25, -0.2) is 9.97 Å². The standard InChI is InChI=1S/C18H16N4O3/c23-16(21-7-5-15-12(10-21)9-19-11-20-15)6-8-22-17(24)13-3-1-2-4-14(13)18(22)25/h1-4,9,11H,5-8,10H2. The second kappa shape index (κ2) is 6.08. The zero-order chi connectivity index (χ0) is 17.4. The molecule has 7 nitrogen and oxygen atoms in total. The molecule has 0 aliphatic carbocycles. The van der Waals surface area contributed by atoms with Crippen LogP contribution in [-0.2, 0) is 17.8 Å². The van der Waals surface area contributed by atoms with Crippen molar-refractivity contribution in [1.29, 1.82) is 0 Å². The van der Waals surface area contributed by atoms with Gasteiger partial charge in [-0.1, -0.05) is 12.1 Å². The highest BCUT2D eigenvalue weighted by molar-refractivity contribution is 6.21. The van der Waals surface area contributed by atoms with Gasteiger partial charge in [-0.2, -0.15) is 0 Å². The van der Waals surface area contributed by atoms with Crippen LogP contribution in [0, 0.1) is 0 Å². The lowest BCUT2D eigenvalue weighted by molar-refractivity contribution is -0.132. The van der Waals surface area contributed by atoms with Crippen LogP contribution < -0.4 is 0 Å². The lowest BCUT2D eigenvalue weighted by Crippen LogP contribution is -2.39. The second-order valence-corrected chi connectivity index (χ2v) is 6.12. The molecule has 3 amide bonds. The van der Waals surface area contributed by atoms with E-state index in [2.05, 4.69) is 9.97 Å². The molecule has 4 rings (SSSR count). The van der Waals surface area contributed by atoms with Crippen molar-refractivity contribution in [2.45, 2.75) is 19.4 Å². The molecular formula is C18H16N4O3. The van der Waals surface area contributed by atoms with Gasteiger partial charge >= 0.3 is 0 Å². The minimum absolute atomic E-state index is 0.0777. The molecule has 0 saturated carbocycles. The maximum atomic E-state index is 12.5. The number of fused-ring (bicyclic) bond motifs is 2. The number of nitrogens with zero attached hydrogens (tertiary/aromatic N) is 4. The average molecular weight is 336 g/mol. The van der Waals surface area contributed by atoms with Gasteiger partial charge in [0.2, 0.25) is 5.91 Å². The van der Waals surface area contributed by atoms with Crippen molar-refractivity contribution in [3.05, 3.63) is 59.2 Å². The molecule has 0 bridgehead atoms. The Balaban J connectivity index is 1.40. The molecule has 0 spiro atoms. The fourth-order valence-corrected chi connectivity index (χ4v) is 3.29. The summed E-state index contributed by atoms with van der Waals surface area (Å²) in [4.78, 5) is 48.2. The molecule has 3 heterocycles. The molecule has 0 fully saturated rings. The highest BCUT2D eigenvalue weighted by Crippen LogP contribution is 2.23. The Kier molecular flexibility index (Phi) is 3.76. The van der Waals surface area contributed by atoms with Gasteiger partial charge in [-0.15, -0.1) is 0 Å². The van der Waals surface area contributed by atoms with Crippen LogP contribution in [0.2, 0.25) is 0 Å². The van der Waals surface area contributed by atoms with Crippen molar-refractivity contribution in [3.8, 4) is 0 Å². The van der Waals surface area contributed by atoms with E-state index >= 15 is 0 Å². The normalized spacial score (nSPS) is 16.0. The van der Waals surface area contributed by atoms with Gasteiger partial charge in [-0.3, -0.25) is 19.3 Å². The molecule has 2 aliphatic rings. The monoisotopic (exact) mass is 336 g/mol. The molecule has 126 valence electrons. The minimum Gasteiger partial charge on any atom is -0.338 e. The predicted octanol–water partition coefficient (Wildman–Crippen LogP) is 1.05. The predicted molar refractivity (Wildman–Crippen MR) is 87.6 cm³/mol. The zero-order valence-corrected chi connectivity index (χ0v) is 13.5. The quantitative estimate of drug-likeness (QED) is 0.782. The summed E-state index contributed by atoms with van der Waals surface area (Å²) >= 11 is 0. The summed E-state index contributed by atoms with van der Waals surface area (Å²) in [5.74, 6) is -0.734. The third-order valence-electron chi connectivity index (χ3n) is 4.64. The average Bonchev–Trinajstić information content (AvgIpc) is 2.90. The Bertz CT molecular complexity index is 845. The Hall–Kier alpha value is -3.09. The highest BCUT2D eigenvalue weighted by atomic mass is 16.2. The number of amides is 3. The van der Waals surface area contributed by atoms with Crippen LogP contribution in [0.25, 0.3) is 0 Å². The van der Waals surface area contributed by atoms with E-state index in [-0.39, 0.29) is 30.7 Å². The lowest BCUT2D eigenvalue weighted by Gasteiger charge is -2.28. The van der Waals surface area contributed by atoms with E-state index in [0.29, 0.717) is 30.6 Å². The Morgan fingerprint density at radius 2 is 1.84 bits per heavy atom. The topological polar surface area (TPSA) is 83.5 Å². The number of hydrogen-bond donors (Lipinski definition) is 0. The van der Waals surface area contributed by atoms with Gasteiger partial charge in [0.1, 0.15) is 6.33 Å². The first-order valence-electron chi connectivity index (χ1n) is 8.16. The fraction of sp³-hybridized carbons (Fsp3) is 0.278. The first kappa shape index (κ1) is 15.4. The summed E-state index contributed by atoms with van der Waals surface area (Å²) in [6, 6.07) is 6.73. The van der Waals surface area contributed by atoms with E-state index in [1.165, 1.54) is 6.33 Å². The van der Waals surface area contributed by atoms with Crippen LogP contribution in [0.4, 0.5) is 0 Å². The molecule has 1 aromatic heterocycles. The van der Waals surface area contributed by atoms with Crippen LogP contribution in [0.15, 0.2) is 36.8 Å². The molecule has 0 saturated heterocycles. The fourth-order valence-electron chi connectivity index (χ4n) is 3.29. The van der Waals surface area contributed by atoms with E-state index in [9.17, 15) is 14.4 Å². The van der Waals surface area contributed by atoms with Gasteiger partial charge in [0.25, 0.3) is 11.8 Å². The first-order chi connectivity index (χ1) is 12.1. The van der Waals surface area contributed by atoms with Crippen LogP contribution in [0.3, 0.4) is 0 Å². The van der Waals surface area contributed by atoms with Gasteiger partial charge in [0.15, 0.2) is 0 Å². The molecule has 1 aromatic carbocycles. The second-order valence-electron chi connectivity index (χ2n) is 6.12. The summed E-state index contributed by atoms with van der Waals surface area (Å²) in [5.41, 5.74) is 2.73. The SMILES string of the molecule is O=C(CCN1C(=O)c2ccccc2C1=O)N1CCc2ncncc2C1.